The number of carbonyl (C=O) groups excluding carboxylic acids is 2. The van der Waals surface area contributed by atoms with Crippen LogP contribution in [0.15, 0.2) is 72.6 Å². The highest BCUT2D eigenvalue weighted by atomic mass is 35.5. The van der Waals surface area contributed by atoms with Crippen LogP contribution in [0.1, 0.15) is 17.2 Å². The molecule has 1 N–H and O–H groups in total. The SMILES string of the molecule is COc1ccc(/C(O)=C2\C(=O)C(=O)N(c3nc4ccccc4s3)C2c2cccnc2)cc1Cl. The maximum absolute atomic E-state index is 13.2. The van der Waals surface area contributed by atoms with Crippen LogP contribution in [0, 0.1) is 0 Å². The average molecular weight is 478 g/mol. The molecule has 1 amide bonds. The number of pyridine rings is 1. The topological polar surface area (TPSA) is 92.6 Å². The number of halogens is 1. The zero-order valence-electron chi connectivity index (χ0n) is 17.2. The number of aliphatic hydroxyl groups excluding tert-OH is 1. The molecule has 9 heteroatoms. The van der Waals surface area contributed by atoms with E-state index in [4.69, 9.17) is 16.3 Å². The Balaban J connectivity index is 1.72. The molecule has 0 bridgehead atoms. The monoisotopic (exact) mass is 477 g/mol. The highest BCUT2D eigenvalue weighted by molar-refractivity contribution is 7.22. The Kier molecular flexibility index (Phi) is 5.32. The molecular formula is C24H16ClN3O4S. The van der Waals surface area contributed by atoms with Crippen LogP contribution < -0.4 is 9.64 Å². The van der Waals surface area contributed by atoms with Crippen LogP contribution in [0.25, 0.3) is 16.0 Å². The van der Waals surface area contributed by atoms with E-state index in [9.17, 15) is 14.7 Å². The van der Waals surface area contributed by atoms with Gasteiger partial charge in [0.1, 0.15) is 11.5 Å². The summed E-state index contributed by atoms with van der Waals surface area (Å²) in [6.45, 7) is 0. The lowest BCUT2D eigenvalue weighted by molar-refractivity contribution is -0.132. The van der Waals surface area contributed by atoms with Crippen molar-refractivity contribution in [3.63, 3.8) is 0 Å². The van der Waals surface area contributed by atoms with Gasteiger partial charge in [-0.1, -0.05) is 41.1 Å². The van der Waals surface area contributed by atoms with Crippen LogP contribution in [-0.2, 0) is 9.59 Å². The quantitative estimate of drug-likeness (QED) is 0.253. The number of amides is 1. The highest BCUT2D eigenvalue weighted by Gasteiger charge is 2.48. The lowest BCUT2D eigenvalue weighted by Crippen LogP contribution is -2.29. The number of ether oxygens (including phenoxy) is 1. The fourth-order valence-corrected chi connectivity index (χ4v) is 5.07. The summed E-state index contributed by atoms with van der Waals surface area (Å²) in [5.41, 5.74) is 1.51. The van der Waals surface area contributed by atoms with Crippen LogP contribution in [0.3, 0.4) is 0 Å². The first kappa shape index (κ1) is 21.1. The number of Topliss-reactive ketones (excluding diaryl/α,β-unsaturated/α-hetero) is 1. The average Bonchev–Trinajstić information content (AvgIpc) is 3.37. The molecule has 0 saturated carbocycles. The molecule has 33 heavy (non-hydrogen) atoms. The van der Waals surface area contributed by atoms with Crippen molar-refractivity contribution in [3.05, 3.63) is 88.7 Å². The Morgan fingerprint density at radius 3 is 2.67 bits per heavy atom. The van der Waals surface area contributed by atoms with Gasteiger partial charge in [-0.25, -0.2) is 4.98 Å². The Labute approximate surface area is 197 Å². The number of hydrogen-bond acceptors (Lipinski definition) is 7. The minimum Gasteiger partial charge on any atom is -0.507 e. The number of benzene rings is 2. The molecule has 7 nitrogen and oxygen atoms in total. The van der Waals surface area contributed by atoms with Crippen molar-refractivity contribution in [1.29, 1.82) is 0 Å². The summed E-state index contributed by atoms with van der Waals surface area (Å²) in [4.78, 5) is 36.4. The Morgan fingerprint density at radius 2 is 1.97 bits per heavy atom. The van der Waals surface area contributed by atoms with E-state index in [0.29, 0.717) is 22.0 Å². The van der Waals surface area contributed by atoms with E-state index in [1.54, 1.807) is 36.7 Å². The van der Waals surface area contributed by atoms with Crippen molar-refractivity contribution in [1.82, 2.24) is 9.97 Å². The number of nitrogens with zero attached hydrogens (tertiary/aromatic N) is 3. The van der Waals surface area contributed by atoms with E-state index in [1.807, 2.05) is 24.3 Å². The minimum atomic E-state index is -0.903. The number of anilines is 1. The molecule has 2 aromatic carbocycles. The van der Waals surface area contributed by atoms with E-state index in [2.05, 4.69) is 9.97 Å². The third-order valence-electron chi connectivity index (χ3n) is 5.36. The molecule has 1 unspecified atom stereocenters. The number of carbonyl (C=O) groups is 2. The van der Waals surface area contributed by atoms with Crippen molar-refractivity contribution < 1.29 is 19.4 Å². The van der Waals surface area contributed by atoms with Gasteiger partial charge in [-0.2, -0.15) is 0 Å². The van der Waals surface area contributed by atoms with Crippen LogP contribution in [0.4, 0.5) is 5.13 Å². The molecule has 0 aliphatic carbocycles. The summed E-state index contributed by atoms with van der Waals surface area (Å²) in [6.07, 6.45) is 3.15. The molecule has 1 aliphatic heterocycles. The lowest BCUT2D eigenvalue weighted by atomic mass is 9.96. The molecule has 3 heterocycles. The molecule has 1 fully saturated rings. The second-order valence-electron chi connectivity index (χ2n) is 7.27. The summed E-state index contributed by atoms with van der Waals surface area (Å²) in [5, 5.41) is 11.8. The molecule has 0 spiro atoms. The molecule has 2 aromatic heterocycles. The zero-order valence-corrected chi connectivity index (χ0v) is 18.8. The summed E-state index contributed by atoms with van der Waals surface area (Å²) < 4.78 is 6.04. The van der Waals surface area contributed by atoms with Gasteiger partial charge in [0.05, 0.1) is 34.0 Å². The van der Waals surface area contributed by atoms with E-state index >= 15 is 0 Å². The number of ketones is 1. The molecule has 0 radical (unpaired) electrons. The molecule has 5 rings (SSSR count). The van der Waals surface area contributed by atoms with Gasteiger partial charge in [0.2, 0.25) is 0 Å². The standard InChI is InChI=1S/C24H16ClN3O4S/c1-32-17-9-8-13(11-15(17)25)21(29)19-20(14-5-4-10-26-12-14)28(23(31)22(19)30)24-27-16-6-2-3-7-18(16)33-24/h2-12,20,29H,1H3/b21-19+. The Hall–Kier alpha value is -3.75. The van der Waals surface area contributed by atoms with Gasteiger partial charge in [-0.05, 0) is 42.0 Å². The first-order valence-corrected chi connectivity index (χ1v) is 11.1. The number of aliphatic hydroxyl groups is 1. The first-order chi connectivity index (χ1) is 16.0. The molecule has 4 aromatic rings. The van der Waals surface area contributed by atoms with Crippen LogP contribution in [0.5, 0.6) is 5.75 Å². The van der Waals surface area contributed by atoms with Crippen molar-refractivity contribution in [3.8, 4) is 5.75 Å². The van der Waals surface area contributed by atoms with Crippen LogP contribution in [-0.4, -0.2) is 33.9 Å². The highest BCUT2D eigenvalue weighted by Crippen LogP contribution is 2.44. The van der Waals surface area contributed by atoms with E-state index in [0.717, 1.165) is 4.70 Å². The molecule has 1 saturated heterocycles. The molecular weight excluding hydrogens is 462 g/mol. The van der Waals surface area contributed by atoms with Crippen molar-refractivity contribution in [2.75, 3.05) is 12.0 Å². The van der Waals surface area contributed by atoms with Crippen molar-refractivity contribution in [2.24, 2.45) is 0 Å². The number of fused-ring (bicyclic) bond motifs is 1. The van der Waals surface area contributed by atoms with Crippen LogP contribution >= 0.6 is 22.9 Å². The molecule has 164 valence electrons. The van der Waals surface area contributed by atoms with Crippen molar-refractivity contribution in [2.45, 2.75) is 6.04 Å². The maximum atomic E-state index is 13.2. The Bertz CT molecular complexity index is 1400. The van der Waals surface area contributed by atoms with Crippen LogP contribution in [0.2, 0.25) is 5.02 Å². The smallest absolute Gasteiger partial charge is 0.301 e. The number of rotatable bonds is 4. The van der Waals surface area contributed by atoms with Gasteiger partial charge in [0.15, 0.2) is 5.13 Å². The summed E-state index contributed by atoms with van der Waals surface area (Å²) >= 11 is 7.52. The number of hydrogen-bond donors (Lipinski definition) is 1. The van der Waals surface area contributed by atoms with Gasteiger partial charge in [-0.15, -0.1) is 0 Å². The number of methoxy groups -OCH3 is 1. The van der Waals surface area contributed by atoms with Gasteiger partial charge in [0, 0.05) is 18.0 Å². The second kappa shape index (κ2) is 8.31. The predicted octanol–water partition coefficient (Wildman–Crippen LogP) is 4.98. The maximum Gasteiger partial charge on any atom is 0.301 e. The number of aromatic nitrogens is 2. The number of para-hydroxylation sites is 1. The summed E-state index contributed by atoms with van der Waals surface area (Å²) in [6, 6.07) is 14.7. The van der Waals surface area contributed by atoms with Gasteiger partial charge < -0.3 is 9.84 Å². The fraction of sp³-hybridized carbons (Fsp3) is 0.0833. The predicted molar refractivity (Wildman–Crippen MR) is 127 cm³/mol. The van der Waals surface area contributed by atoms with Gasteiger partial charge >= 0.3 is 5.91 Å². The third kappa shape index (κ3) is 3.53. The number of thiazole rings is 1. The van der Waals surface area contributed by atoms with E-state index in [1.165, 1.54) is 29.4 Å². The normalized spacial score (nSPS) is 17.6. The summed E-state index contributed by atoms with van der Waals surface area (Å²) in [5.74, 6) is -1.50. The van der Waals surface area contributed by atoms with Gasteiger partial charge in [0.25, 0.3) is 5.78 Å². The second-order valence-corrected chi connectivity index (χ2v) is 8.69. The zero-order chi connectivity index (χ0) is 23.1. The Morgan fingerprint density at radius 1 is 1.15 bits per heavy atom. The van der Waals surface area contributed by atoms with E-state index in [-0.39, 0.29) is 21.9 Å². The lowest BCUT2D eigenvalue weighted by Gasteiger charge is -2.22. The van der Waals surface area contributed by atoms with E-state index < -0.39 is 17.7 Å². The fourth-order valence-electron chi connectivity index (χ4n) is 3.82. The molecule has 1 atom stereocenters. The van der Waals surface area contributed by atoms with Crippen molar-refractivity contribution >= 4 is 55.7 Å². The summed E-state index contributed by atoms with van der Waals surface area (Å²) in [7, 11) is 1.48. The molecule has 1 aliphatic rings. The largest absolute Gasteiger partial charge is 0.507 e. The minimum absolute atomic E-state index is 0.0616. The third-order valence-corrected chi connectivity index (χ3v) is 6.69. The van der Waals surface area contributed by atoms with Gasteiger partial charge in [-0.3, -0.25) is 19.5 Å². The first-order valence-electron chi connectivity index (χ1n) is 9.90.